The third-order valence-corrected chi connectivity index (χ3v) is 4.79. The van der Waals surface area contributed by atoms with E-state index in [1.807, 2.05) is 37.3 Å². The minimum Gasteiger partial charge on any atom is -0.452 e. The van der Waals surface area contributed by atoms with E-state index in [0.29, 0.717) is 5.56 Å². The molecule has 0 radical (unpaired) electrons. The van der Waals surface area contributed by atoms with Crippen LogP contribution in [0.1, 0.15) is 34.5 Å². The fourth-order valence-electron chi connectivity index (χ4n) is 2.36. The highest BCUT2D eigenvalue weighted by atomic mass is 32.2. The molecule has 0 saturated carbocycles. The molecule has 2 aromatic rings. The highest BCUT2D eigenvalue weighted by molar-refractivity contribution is 7.89. The smallest absolute Gasteiger partial charge is 0.338 e. The molecule has 0 aromatic heterocycles. The van der Waals surface area contributed by atoms with Crippen LogP contribution in [-0.2, 0) is 19.6 Å². The van der Waals surface area contributed by atoms with Gasteiger partial charge in [0.1, 0.15) is 0 Å². The van der Waals surface area contributed by atoms with Gasteiger partial charge in [0.2, 0.25) is 10.0 Å². The average Bonchev–Trinajstić information content (AvgIpc) is 2.59. The molecule has 0 heterocycles. The zero-order valence-electron chi connectivity index (χ0n) is 14.4. The number of primary sulfonamides is 1. The Morgan fingerprint density at radius 2 is 1.81 bits per heavy atom. The maximum absolute atomic E-state index is 12.1. The predicted octanol–water partition coefficient (Wildman–Crippen LogP) is 1.68. The summed E-state index contributed by atoms with van der Waals surface area (Å²) in [6.07, 6.45) is 0. The fourth-order valence-corrected chi connectivity index (χ4v) is 3.16. The van der Waals surface area contributed by atoms with Gasteiger partial charge >= 0.3 is 5.97 Å². The van der Waals surface area contributed by atoms with Crippen molar-refractivity contribution in [3.8, 4) is 0 Å². The normalized spacial score (nSPS) is 12.3. The molecule has 0 aliphatic carbocycles. The van der Waals surface area contributed by atoms with Crippen LogP contribution in [-0.4, -0.2) is 26.9 Å². The molecule has 3 N–H and O–H groups in total. The second-order valence-corrected chi connectivity index (χ2v) is 7.33. The van der Waals surface area contributed by atoms with Crippen molar-refractivity contribution in [3.05, 3.63) is 65.2 Å². The summed E-state index contributed by atoms with van der Waals surface area (Å²) >= 11 is 0. The highest BCUT2D eigenvalue weighted by Gasteiger charge is 2.17. The Kier molecular flexibility index (Phi) is 6.12. The predicted molar refractivity (Wildman–Crippen MR) is 95.8 cm³/mol. The number of benzene rings is 2. The van der Waals surface area contributed by atoms with Gasteiger partial charge in [0.25, 0.3) is 5.91 Å². The van der Waals surface area contributed by atoms with E-state index in [4.69, 9.17) is 9.88 Å². The van der Waals surface area contributed by atoms with Crippen molar-refractivity contribution in [3.63, 3.8) is 0 Å². The quantitative estimate of drug-likeness (QED) is 0.744. The molecule has 7 nitrogen and oxygen atoms in total. The number of carbonyl (C=O) groups is 2. The summed E-state index contributed by atoms with van der Waals surface area (Å²) in [6, 6.07) is 13.1. The van der Waals surface area contributed by atoms with Crippen molar-refractivity contribution in [2.45, 2.75) is 24.8 Å². The zero-order valence-corrected chi connectivity index (χ0v) is 15.2. The van der Waals surface area contributed by atoms with E-state index in [0.717, 1.165) is 11.6 Å². The van der Waals surface area contributed by atoms with Crippen LogP contribution in [0.15, 0.2) is 53.4 Å². The van der Waals surface area contributed by atoms with Crippen molar-refractivity contribution in [1.82, 2.24) is 5.32 Å². The van der Waals surface area contributed by atoms with Crippen molar-refractivity contribution in [1.29, 1.82) is 0 Å². The van der Waals surface area contributed by atoms with Gasteiger partial charge in [-0.3, -0.25) is 4.79 Å². The Hall–Kier alpha value is -2.71. The third-order valence-electron chi connectivity index (χ3n) is 3.74. The minimum absolute atomic E-state index is 0.00327. The lowest BCUT2D eigenvalue weighted by Gasteiger charge is -2.14. The molecule has 0 aliphatic heterocycles. The second-order valence-electron chi connectivity index (χ2n) is 5.80. The number of nitrogens with one attached hydrogen (secondary N) is 1. The molecule has 0 spiro atoms. The van der Waals surface area contributed by atoms with Crippen molar-refractivity contribution in [2.24, 2.45) is 5.14 Å². The lowest BCUT2D eigenvalue weighted by molar-refractivity contribution is -0.124. The van der Waals surface area contributed by atoms with Gasteiger partial charge in [-0.15, -0.1) is 0 Å². The van der Waals surface area contributed by atoms with Crippen LogP contribution in [0.2, 0.25) is 0 Å². The van der Waals surface area contributed by atoms with Crippen LogP contribution in [0.3, 0.4) is 0 Å². The first-order chi connectivity index (χ1) is 12.2. The van der Waals surface area contributed by atoms with E-state index in [2.05, 4.69) is 5.32 Å². The molecule has 0 bridgehead atoms. The Balaban J connectivity index is 1.97. The number of ether oxygens (including phenoxy) is 1. The molecule has 1 unspecified atom stereocenters. The second kappa shape index (κ2) is 8.11. The van der Waals surface area contributed by atoms with Crippen LogP contribution < -0.4 is 10.5 Å². The maximum Gasteiger partial charge on any atom is 0.338 e. The van der Waals surface area contributed by atoms with E-state index in [1.165, 1.54) is 12.1 Å². The van der Waals surface area contributed by atoms with Gasteiger partial charge in [-0.2, -0.15) is 0 Å². The van der Waals surface area contributed by atoms with E-state index >= 15 is 0 Å². The van der Waals surface area contributed by atoms with E-state index in [1.54, 1.807) is 6.92 Å². The molecular formula is C18H20N2O5S. The van der Waals surface area contributed by atoms with Gasteiger partial charge in [0, 0.05) is 0 Å². The summed E-state index contributed by atoms with van der Waals surface area (Å²) in [7, 11) is -3.95. The summed E-state index contributed by atoms with van der Waals surface area (Å²) in [5.74, 6) is -1.27. The maximum atomic E-state index is 12.1. The van der Waals surface area contributed by atoms with E-state index < -0.39 is 28.5 Å². The summed E-state index contributed by atoms with van der Waals surface area (Å²) in [5, 5.41) is 7.83. The van der Waals surface area contributed by atoms with Gasteiger partial charge in [0.05, 0.1) is 16.5 Å². The highest BCUT2D eigenvalue weighted by Crippen LogP contribution is 2.16. The number of carbonyl (C=O) groups excluding carboxylic acids is 2. The summed E-state index contributed by atoms with van der Waals surface area (Å²) in [5.41, 5.74) is 1.34. The third kappa shape index (κ3) is 5.14. The first kappa shape index (κ1) is 19.6. The Morgan fingerprint density at radius 3 is 2.42 bits per heavy atom. The van der Waals surface area contributed by atoms with Crippen LogP contribution in [0.4, 0.5) is 0 Å². The molecule has 1 atom stereocenters. The molecule has 0 fully saturated rings. The largest absolute Gasteiger partial charge is 0.452 e. The number of aryl methyl sites for hydroxylation is 1. The first-order valence-electron chi connectivity index (χ1n) is 7.83. The molecule has 26 heavy (non-hydrogen) atoms. The molecule has 2 aromatic carbocycles. The van der Waals surface area contributed by atoms with Gasteiger partial charge < -0.3 is 10.1 Å². The Labute approximate surface area is 152 Å². The standard InChI is InChI=1S/C18H20N2O5S/c1-12-8-9-15(10-16(12)26(19,23)24)18(22)25-11-17(21)20-13(2)14-6-4-3-5-7-14/h3-10,13H,11H2,1-2H3,(H,20,21)(H2,19,23,24). The van der Waals surface area contributed by atoms with Crippen LogP contribution in [0.25, 0.3) is 0 Å². The molecule has 0 saturated heterocycles. The number of sulfonamides is 1. The van der Waals surface area contributed by atoms with Gasteiger partial charge in [-0.25, -0.2) is 18.4 Å². The zero-order chi connectivity index (χ0) is 19.3. The summed E-state index contributed by atoms with van der Waals surface area (Å²) < 4.78 is 28.0. The number of hydrogen-bond acceptors (Lipinski definition) is 5. The molecule has 0 aliphatic rings. The Morgan fingerprint density at radius 1 is 1.15 bits per heavy atom. The average molecular weight is 376 g/mol. The van der Waals surface area contributed by atoms with Crippen LogP contribution in [0.5, 0.6) is 0 Å². The van der Waals surface area contributed by atoms with Gasteiger partial charge in [-0.05, 0) is 37.1 Å². The van der Waals surface area contributed by atoms with Gasteiger partial charge in [0.15, 0.2) is 6.61 Å². The molecule has 2 rings (SSSR count). The van der Waals surface area contributed by atoms with Crippen LogP contribution >= 0.6 is 0 Å². The number of rotatable bonds is 6. The molecule has 8 heteroatoms. The summed E-state index contributed by atoms with van der Waals surface area (Å²) in [6.45, 7) is 2.90. The molecule has 138 valence electrons. The van der Waals surface area contributed by atoms with Crippen molar-refractivity contribution in [2.75, 3.05) is 6.61 Å². The van der Waals surface area contributed by atoms with E-state index in [9.17, 15) is 18.0 Å². The fraction of sp³-hybridized carbons (Fsp3) is 0.222. The number of amides is 1. The lowest BCUT2D eigenvalue weighted by atomic mass is 10.1. The number of nitrogens with two attached hydrogens (primary N) is 1. The number of esters is 1. The Bertz CT molecular complexity index is 910. The molecule has 1 amide bonds. The topological polar surface area (TPSA) is 116 Å². The van der Waals surface area contributed by atoms with E-state index in [-0.39, 0.29) is 16.5 Å². The monoisotopic (exact) mass is 376 g/mol. The van der Waals surface area contributed by atoms with Crippen LogP contribution in [0, 0.1) is 6.92 Å². The first-order valence-corrected chi connectivity index (χ1v) is 9.38. The SMILES string of the molecule is Cc1ccc(C(=O)OCC(=O)NC(C)c2ccccc2)cc1S(N)(=O)=O. The molecular weight excluding hydrogens is 356 g/mol. The van der Waals surface area contributed by atoms with Gasteiger partial charge in [-0.1, -0.05) is 36.4 Å². The minimum atomic E-state index is -3.95. The number of hydrogen-bond donors (Lipinski definition) is 2. The lowest BCUT2D eigenvalue weighted by Crippen LogP contribution is -2.31. The van der Waals surface area contributed by atoms with Crippen molar-refractivity contribution < 1.29 is 22.7 Å². The van der Waals surface area contributed by atoms with Crippen molar-refractivity contribution >= 4 is 21.9 Å². The summed E-state index contributed by atoms with van der Waals surface area (Å²) in [4.78, 5) is 23.8.